The van der Waals surface area contributed by atoms with Gasteiger partial charge in [0.2, 0.25) is 5.91 Å². The molecule has 0 fully saturated rings. The fourth-order valence-corrected chi connectivity index (χ4v) is 1.14. The van der Waals surface area contributed by atoms with Crippen LogP contribution in [0.15, 0.2) is 0 Å². The highest BCUT2D eigenvalue weighted by Crippen LogP contribution is 2.05. The van der Waals surface area contributed by atoms with E-state index >= 15 is 0 Å². The number of rotatable bonds is 7. The quantitative estimate of drug-likeness (QED) is 0.654. The van der Waals surface area contributed by atoms with Crippen molar-refractivity contribution < 1.29 is 4.79 Å². The van der Waals surface area contributed by atoms with Crippen LogP contribution in [-0.4, -0.2) is 25.0 Å². The van der Waals surface area contributed by atoms with Gasteiger partial charge in [-0.05, 0) is 19.3 Å². The molecule has 0 saturated carbocycles. The standard InChI is InChI=1S/C11H24N2O/c1-5-7-12-11(14)8-13-10(4)9(3)6-2/h9-10,13H,5-8H2,1-4H3,(H,12,14). The molecule has 0 saturated heterocycles. The molecule has 2 atom stereocenters. The first-order chi connectivity index (χ1) is 6.61. The van der Waals surface area contributed by atoms with Gasteiger partial charge in [0.25, 0.3) is 0 Å². The highest BCUT2D eigenvalue weighted by molar-refractivity contribution is 5.77. The summed E-state index contributed by atoms with van der Waals surface area (Å²) in [5.41, 5.74) is 0. The highest BCUT2D eigenvalue weighted by atomic mass is 16.1. The van der Waals surface area contributed by atoms with Gasteiger partial charge in [-0.25, -0.2) is 0 Å². The van der Waals surface area contributed by atoms with Crippen molar-refractivity contribution in [1.82, 2.24) is 10.6 Å². The third kappa shape index (κ3) is 5.97. The topological polar surface area (TPSA) is 41.1 Å². The van der Waals surface area contributed by atoms with Crippen LogP contribution in [-0.2, 0) is 4.79 Å². The molecule has 0 aliphatic heterocycles. The van der Waals surface area contributed by atoms with E-state index in [4.69, 9.17) is 0 Å². The number of carbonyl (C=O) groups excluding carboxylic acids is 1. The predicted molar refractivity (Wildman–Crippen MR) is 60.2 cm³/mol. The fraction of sp³-hybridized carbons (Fsp3) is 0.909. The molecule has 1 amide bonds. The molecular weight excluding hydrogens is 176 g/mol. The third-order valence-corrected chi connectivity index (χ3v) is 2.65. The maximum atomic E-state index is 11.2. The molecule has 84 valence electrons. The molecule has 0 heterocycles. The number of hydrogen-bond acceptors (Lipinski definition) is 2. The Morgan fingerprint density at radius 1 is 1.29 bits per heavy atom. The molecule has 0 rings (SSSR count). The molecule has 0 aliphatic carbocycles. The van der Waals surface area contributed by atoms with Crippen molar-refractivity contribution in [2.24, 2.45) is 5.92 Å². The van der Waals surface area contributed by atoms with Gasteiger partial charge in [-0.15, -0.1) is 0 Å². The first kappa shape index (κ1) is 13.4. The zero-order valence-electron chi connectivity index (χ0n) is 9.89. The zero-order valence-corrected chi connectivity index (χ0v) is 9.89. The minimum atomic E-state index is 0.0991. The first-order valence-electron chi connectivity index (χ1n) is 5.61. The normalized spacial score (nSPS) is 14.9. The minimum absolute atomic E-state index is 0.0991. The van der Waals surface area contributed by atoms with E-state index in [1.165, 1.54) is 0 Å². The Labute approximate surface area is 87.6 Å². The van der Waals surface area contributed by atoms with Gasteiger partial charge in [0.05, 0.1) is 6.54 Å². The number of carbonyl (C=O) groups is 1. The summed E-state index contributed by atoms with van der Waals surface area (Å²) >= 11 is 0. The summed E-state index contributed by atoms with van der Waals surface area (Å²) in [5.74, 6) is 0.718. The van der Waals surface area contributed by atoms with Crippen LogP contribution < -0.4 is 10.6 Å². The summed E-state index contributed by atoms with van der Waals surface area (Å²) in [5, 5.41) is 6.07. The van der Waals surface area contributed by atoms with Crippen molar-refractivity contribution in [2.45, 2.75) is 46.6 Å². The van der Waals surface area contributed by atoms with Crippen molar-refractivity contribution in [1.29, 1.82) is 0 Å². The summed E-state index contributed by atoms with van der Waals surface area (Å²) in [6.45, 7) is 9.75. The van der Waals surface area contributed by atoms with E-state index in [2.05, 4.69) is 38.3 Å². The minimum Gasteiger partial charge on any atom is -0.355 e. The van der Waals surface area contributed by atoms with E-state index < -0.39 is 0 Å². The van der Waals surface area contributed by atoms with Gasteiger partial charge in [0.15, 0.2) is 0 Å². The first-order valence-corrected chi connectivity index (χ1v) is 5.61. The average molecular weight is 200 g/mol. The maximum Gasteiger partial charge on any atom is 0.233 e. The summed E-state index contributed by atoms with van der Waals surface area (Å²) in [7, 11) is 0. The summed E-state index contributed by atoms with van der Waals surface area (Å²) in [6, 6.07) is 0.410. The van der Waals surface area contributed by atoms with Crippen LogP contribution in [0.2, 0.25) is 0 Å². The Balaban J connectivity index is 3.55. The Morgan fingerprint density at radius 3 is 2.43 bits per heavy atom. The van der Waals surface area contributed by atoms with E-state index in [0.717, 1.165) is 19.4 Å². The number of hydrogen-bond donors (Lipinski definition) is 2. The van der Waals surface area contributed by atoms with Crippen LogP contribution in [0, 0.1) is 5.92 Å². The number of nitrogens with one attached hydrogen (secondary N) is 2. The van der Waals surface area contributed by atoms with Crippen molar-refractivity contribution >= 4 is 5.91 Å². The van der Waals surface area contributed by atoms with Gasteiger partial charge in [0, 0.05) is 12.6 Å². The zero-order chi connectivity index (χ0) is 11.0. The molecule has 3 heteroatoms. The van der Waals surface area contributed by atoms with Crippen molar-refractivity contribution in [3.8, 4) is 0 Å². The molecule has 14 heavy (non-hydrogen) atoms. The monoisotopic (exact) mass is 200 g/mol. The smallest absolute Gasteiger partial charge is 0.233 e. The molecule has 0 aliphatic rings. The van der Waals surface area contributed by atoms with Gasteiger partial charge in [-0.1, -0.05) is 27.2 Å². The van der Waals surface area contributed by atoms with E-state index in [9.17, 15) is 4.79 Å². The maximum absolute atomic E-state index is 11.2. The van der Waals surface area contributed by atoms with Crippen LogP contribution in [0.3, 0.4) is 0 Å². The van der Waals surface area contributed by atoms with Crippen molar-refractivity contribution in [3.05, 3.63) is 0 Å². The Morgan fingerprint density at radius 2 is 1.93 bits per heavy atom. The molecule has 3 nitrogen and oxygen atoms in total. The Bertz CT molecular complexity index is 159. The summed E-state index contributed by atoms with van der Waals surface area (Å²) < 4.78 is 0. The van der Waals surface area contributed by atoms with Crippen LogP contribution in [0.1, 0.15) is 40.5 Å². The van der Waals surface area contributed by atoms with Gasteiger partial charge in [0.1, 0.15) is 0 Å². The van der Waals surface area contributed by atoms with Crippen LogP contribution in [0.25, 0.3) is 0 Å². The van der Waals surface area contributed by atoms with E-state index in [1.54, 1.807) is 0 Å². The lowest BCUT2D eigenvalue weighted by molar-refractivity contribution is -0.120. The third-order valence-electron chi connectivity index (χ3n) is 2.65. The van der Waals surface area contributed by atoms with Crippen molar-refractivity contribution in [2.75, 3.05) is 13.1 Å². The van der Waals surface area contributed by atoms with Gasteiger partial charge < -0.3 is 10.6 Å². The lowest BCUT2D eigenvalue weighted by Gasteiger charge is -2.19. The van der Waals surface area contributed by atoms with Crippen LogP contribution in [0.5, 0.6) is 0 Å². The van der Waals surface area contributed by atoms with Gasteiger partial charge in [-0.2, -0.15) is 0 Å². The molecule has 2 N–H and O–H groups in total. The second-order valence-electron chi connectivity index (χ2n) is 3.91. The molecule has 0 radical (unpaired) electrons. The van der Waals surface area contributed by atoms with E-state index in [1.807, 2.05) is 0 Å². The second-order valence-corrected chi connectivity index (χ2v) is 3.91. The Hall–Kier alpha value is -0.570. The molecule has 0 spiro atoms. The second kappa shape index (κ2) is 7.80. The molecular formula is C11H24N2O. The van der Waals surface area contributed by atoms with Gasteiger partial charge >= 0.3 is 0 Å². The lowest BCUT2D eigenvalue weighted by Crippen LogP contribution is -2.40. The van der Waals surface area contributed by atoms with Crippen molar-refractivity contribution in [3.63, 3.8) is 0 Å². The average Bonchev–Trinajstić information content (AvgIpc) is 2.21. The fourth-order valence-electron chi connectivity index (χ4n) is 1.14. The van der Waals surface area contributed by atoms with E-state index in [-0.39, 0.29) is 5.91 Å². The molecule has 0 bridgehead atoms. The lowest BCUT2D eigenvalue weighted by atomic mass is 10.0. The SMILES string of the molecule is CCCNC(=O)CNC(C)C(C)CC. The van der Waals surface area contributed by atoms with Crippen LogP contribution in [0.4, 0.5) is 0 Å². The molecule has 2 unspecified atom stereocenters. The summed E-state index contributed by atoms with van der Waals surface area (Å²) in [6.07, 6.45) is 2.14. The summed E-state index contributed by atoms with van der Waals surface area (Å²) in [4.78, 5) is 11.2. The van der Waals surface area contributed by atoms with E-state index in [0.29, 0.717) is 18.5 Å². The van der Waals surface area contributed by atoms with Gasteiger partial charge in [-0.3, -0.25) is 4.79 Å². The molecule has 0 aromatic rings. The Kier molecular flexibility index (Phi) is 7.48. The van der Waals surface area contributed by atoms with Crippen LogP contribution >= 0.6 is 0 Å². The largest absolute Gasteiger partial charge is 0.355 e. The molecule has 0 aromatic carbocycles. The predicted octanol–water partition coefficient (Wildman–Crippen LogP) is 1.54. The highest BCUT2D eigenvalue weighted by Gasteiger charge is 2.10. The number of amides is 1. The molecule has 0 aromatic heterocycles.